The molecule has 1 aliphatic rings. The molecule has 1 aromatic carbocycles. The molecule has 0 aliphatic carbocycles. The zero-order valence-electron chi connectivity index (χ0n) is 9.67. The SMILES string of the molecule is N[C@@H](CCC(F)(F)F)c1cccc2c1OCCO2. The summed E-state index contributed by atoms with van der Waals surface area (Å²) in [5, 5.41) is 0. The Morgan fingerprint density at radius 1 is 1.22 bits per heavy atom. The van der Waals surface area contributed by atoms with E-state index in [9.17, 15) is 13.2 Å². The van der Waals surface area contributed by atoms with Gasteiger partial charge >= 0.3 is 6.18 Å². The second-order valence-electron chi connectivity index (χ2n) is 4.13. The van der Waals surface area contributed by atoms with Crippen LogP contribution in [0.2, 0.25) is 0 Å². The molecular weight excluding hydrogens is 247 g/mol. The van der Waals surface area contributed by atoms with Crippen LogP contribution in [0.5, 0.6) is 11.5 Å². The molecule has 0 saturated carbocycles. The van der Waals surface area contributed by atoms with E-state index < -0.39 is 18.6 Å². The Balaban J connectivity index is 2.12. The summed E-state index contributed by atoms with van der Waals surface area (Å²) < 4.78 is 47.3. The van der Waals surface area contributed by atoms with Gasteiger partial charge in [0.15, 0.2) is 11.5 Å². The van der Waals surface area contributed by atoms with E-state index in [0.717, 1.165) is 0 Å². The predicted molar refractivity (Wildman–Crippen MR) is 59.6 cm³/mol. The van der Waals surface area contributed by atoms with E-state index in [1.165, 1.54) is 0 Å². The van der Waals surface area contributed by atoms with Gasteiger partial charge in [-0.25, -0.2) is 0 Å². The smallest absolute Gasteiger partial charge is 0.389 e. The first-order chi connectivity index (χ1) is 8.47. The van der Waals surface area contributed by atoms with Crippen LogP contribution >= 0.6 is 0 Å². The molecule has 6 heteroatoms. The summed E-state index contributed by atoms with van der Waals surface area (Å²) in [6.45, 7) is 0.824. The van der Waals surface area contributed by atoms with Crippen LogP contribution in [-0.2, 0) is 0 Å². The first kappa shape index (κ1) is 13.0. The number of alkyl halides is 3. The quantitative estimate of drug-likeness (QED) is 0.909. The van der Waals surface area contributed by atoms with Crippen molar-refractivity contribution >= 4 is 0 Å². The number of benzene rings is 1. The third-order valence-corrected chi connectivity index (χ3v) is 2.73. The fourth-order valence-corrected chi connectivity index (χ4v) is 1.86. The van der Waals surface area contributed by atoms with E-state index in [-0.39, 0.29) is 6.42 Å². The summed E-state index contributed by atoms with van der Waals surface area (Å²) in [4.78, 5) is 0. The number of ether oxygens (including phenoxy) is 2. The zero-order chi connectivity index (χ0) is 13.2. The highest BCUT2D eigenvalue weighted by molar-refractivity contribution is 5.48. The maximum atomic E-state index is 12.2. The summed E-state index contributed by atoms with van der Waals surface area (Å²) in [5.41, 5.74) is 6.36. The van der Waals surface area contributed by atoms with Crippen LogP contribution in [0.1, 0.15) is 24.4 Å². The molecular formula is C12H14F3NO2. The summed E-state index contributed by atoms with van der Waals surface area (Å²) >= 11 is 0. The summed E-state index contributed by atoms with van der Waals surface area (Å²) in [6, 6.07) is 4.39. The van der Waals surface area contributed by atoms with Crippen LogP contribution in [-0.4, -0.2) is 19.4 Å². The molecule has 1 aliphatic heterocycles. The van der Waals surface area contributed by atoms with E-state index >= 15 is 0 Å². The molecule has 0 aromatic heterocycles. The highest BCUT2D eigenvalue weighted by atomic mass is 19.4. The lowest BCUT2D eigenvalue weighted by molar-refractivity contribution is -0.136. The van der Waals surface area contributed by atoms with Gasteiger partial charge in [-0.15, -0.1) is 0 Å². The fourth-order valence-electron chi connectivity index (χ4n) is 1.86. The van der Waals surface area contributed by atoms with Gasteiger partial charge in [-0.3, -0.25) is 0 Å². The average molecular weight is 261 g/mol. The minimum absolute atomic E-state index is 0.163. The third kappa shape index (κ3) is 3.07. The fraction of sp³-hybridized carbons (Fsp3) is 0.500. The van der Waals surface area contributed by atoms with Gasteiger partial charge in [0.2, 0.25) is 0 Å². The van der Waals surface area contributed by atoms with E-state index in [1.54, 1.807) is 18.2 Å². The molecule has 1 heterocycles. The number of halogens is 3. The zero-order valence-corrected chi connectivity index (χ0v) is 9.67. The van der Waals surface area contributed by atoms with Crippen molar-refractivity contribution in [2.75, 3.05) is 13.2 Å². The van der Waals surface area contributed by atoms with Crippen molar-refractivity contribution in [1.82, 2.24) is 0 Å². The Labute approximate surface area is 103 Å². The Morgan fingerprint density at radius 2 is 1.94 bits per heavy atom. The molecule has 2 rings (SSSR count). The van der Waals surface area contributed by atoms with Crippen molar-refractivity contribution in [3.63, 3.8) is 0 Å². The van der Waals surface area contributed by atoms with E-state index in [1.807, 2.05) is 0 Å². The second kappa shape index (κ2) is 5.06. The van der Waals surface area contributed by atoms with Crippen LogP contribution in [0.3, 0.4) is 0 Å². The summed E-state index contributed by atoms with van der Waals surface area (Å²) in [5.74, 6) is 1.01. The highest BCUT2D eigenvalue weighted by Gasteiger charge is 2.29. The molecule has 100 valence electrons. The van der Waals surface area contributed by atoms with E-state index in [2.05, 4.69) is 0 Å². The lowest BCUT2D eigenvalue weighted by atomic mass is 10.0. The topological polar surface area (TPSA) is 44.5 Å². The molecule has 0 radical (unpaired) electrons. The number of fused-ring (bicyclic) bond motifs is 1. The highest BCUT2D eigenvalue weighted by Crippen LogP contribution is 2.38. The van der Waals surface area contributed by atoms with Gasteiger partial charge in [0, 0.05) is 18.0 Å². The van der Waals surface area contributed by atoms with Crippen molar-refractivity contribution in [2.45, 2.75) is 25.1 Å². The van der Waals surface area contributed by atoms with Crippen LogP contribution in [0.25, 0.3) is 0 Å². The lowest BCUT2D eigenvalue weighted by Gasteiger charge is -2.23. The van der Waals surface area contributed by atoms with E-state index in [4.69, 9.17) is 15.2 Å². The van der Waals surface area contributed by atoms with Crippen LogP contribution in [0, 0.1) is 0 Å². The van der Waals surface area contributed by atoms with Gasteiger partial charge in [-0.05, 0) is 12.5 Å². The molecule has 1 aromatic rings. The molecule has 1 atom stereocenters. The lowest BCUT2D eigenvalue weighted by Crippen LogP contribution is -2.20. The molecule has 0 bridgehead atoms. The first-order valence-corrected chi connectivity index (χ1v) is 5.68. The van der Waals surface area contributed by atoms with Gasteiger partial charge in [-0.1, -0.05) is 12.1 Å². The predicted octanol–water partition coefficient (Wildman–Crippen LogP) is 2.80. The molecule has 0 saturated heterocycles. The van der Waals surface area contributed by atoms with Crippen molar-refractivity contribution in [1.29, 1.82) is 0 Å². The normalized spacial score (nSPS) is 16.4. The van der Waals surface area contributed by atoms with Gasteiger partial charge in [0.1, 0.15) is 13.2 Å². The minimum atomic E-state index is -4.19. The summed E-state index contributed by atoms with van der Waals surface area (Å²) in [7, 11) is 0. The standard InChI is InChI=1S/C12H14F3NO2/c13-12(14,15)5-4-9(16)8-2-1-3-10-11(8)18-7-6-17-10/h1-3,9H,4-7,16H2/t9-/m0/s1. The number of nitrogens with two attached hydrogens (primary N) is 1. The Bertz CT molecular complexity index is 420. The Hall–Kier alpha value is -1.43. The second-order valence-corrected chi connectivity index (χ2v) is 4.13. The molecule has 0 spiro atoms. The molecule has 3 nitrogen and oxygen atoms in total. The van der Waals surface area contributed by atoms with E-state index in [0.29, 0.717) is 30.3 Å². The molecule has 0 fully saturated rings. The minimum Gasteiger partial charge on any atom is -0.486 e. The Morgan fingerprint density at radius 3 is 2.67 bits per heavy atom. The van der Waals surface area contributed by atoms with Gasteiger partial charge in [0.05, 0.1) is 0 Å². The number of hydrogen-bond donors (Lipinski definition) is 1. The van der Waals surface area contributed by atoms with Crippen molar-refractivity contribution in [3.8, 4) is 11.5 Å². The van der Waals surface area contributed by atoms with Crippen LogP contribution in [0.4, 0.5) is 13.2 Å². The van der Waals surface area contributed by atoms with Gasteiger partial charge in [0.25, 0.3) is 0 Å². The molecule has 0 amide bonds. The number of rotatable bonds is 3. The van der Waals surface area contributed by atoms with Gasteiger partial charge < -0.3 is 15.2 Å². The van der Waals surface area contributed by atoms with Crippen LogP contribution in [0.15, 0.2) is 18.2 Å². The molecule has 0 unspecified atom stereocenters. The first-order valence-electron chi connectivity index (χ1n) is 5.68. The average Bonchev–Trinajstić information content (AvgIpc) is 2.34. The number of para-hydroxylation sites is 1. The monoisotopic (exact) mass is 261 g/mol. The summed E-state index contributed by atoms with van der Waals surface area (Å²) in [6.07, 6.45) is -5.26. The Kier molecular flexibility index (Phi) is 3.65. The molecule has 18 heavy (non-hydrogen) atoms. The largest absolute Gasteiger partial charge is 0.486 e. The maximum absolute atomic E-state index is 12.2. The van der Waals surface area contributed by atoms with Crippen molar-refractivity contribution in [3.05, 3.63) is 23.8 Å². The third-order valence-electron chi connectivity index (χ3n) is 2.73. The van der Waals surface area contributed by atoms with Crippen LogP contribution < -0.4 is 15.2 Å². The number of hydrogen-bond acceptors (Lipinski definition) is 3. The van der Waals surface area contributed by atoms with Crippen molar-refractivity contribution < 1.29 is 22.6 Å². The van der Waals surface area contributed by atoms with Gasteiger partial charge in [-0.2, -0.15) is 13.2 Å². The van der Waals surface area contributed by atoms with Crippen molar-refractivity contribution in [2.24, 2.45) is 5.73 Å². The molecule has 2 N–H and O–H groups in total. The maximum Gasteiger partial charge on any atom is 0.389 e.